The van der Waals surface area contributed by atoms with E-state index in [4.69, 9.17) is 14.0 Å². The number of fused-ring (bicyclic) bond motifs is 3. The third kappa shape index (κ3) is 4.25. The summed E-state index contributed by atoms with van der Waals surface area (Å²) in [5.74, 6) is 1.74. The molecule has 2 heterocycles. The van der Waals surface area contributed by atoms with Gasteiger partial charge in [-0.15, -0.1) is 35.9 Å². The first-order chi connectivity index (χ1) is 13.9. The van der Waals surface area contributed by atoms with Crippen LogP contribution in [0.2, 0.25) is 0 Å². The van der Waals surface area contributed by atoms with Crippen LogP contribution in [-0.2, 0) is 26.0 Å². The van der Waals surface area contributed by atoms with Gasteiger partial charge >= 0.3 is 28.2 Å². The molecule has 4 aromatic rings. The van der Waals surface area contributed by atoms with Crippen LogP contribution >= 0.6 is 8.38 Å². The van der Waals surface area contributed by atoms with Gasteiger partial charge in [-0.2, -0.15) is 0 Å². The maximum atomic E-state index is 6.32. The van der Waals surface area contributed by atoms with Gasteiger partial charge in [0.25, 0.3) is 0 Å². The number of aromatic nitrogens is 1. The molecule has 0 fully saturated rings. The molecular formula is C24H18NO2OsP+. The molecule has 5 heteroatoms. The van der Waals surface area contributed by atoms with Gasteiger partial charge < -0.3 is 9.05 Å². The van der Waals surface area contributed by atoms with Crippen LogP contribution in [0.25, 0.3) is 22.4 Å². The van der Waals surface area contributed by atoms with Gasteiger partial charge in [-0.05, 0) is 23.9 Å². The van der Waals surface area contributed by atoms with Crippen LogP contribution in [-0.4, -0.2) is 4.98 Å². The van der Waals surface area contributed by atoms with Gasteiger partial charge in [-0.1, -0.05) is 48.5 Å². The van der Waals surface area contributed by atoms with E-state index in [1.807, 2.05) is 78.9 Å². The summed E-state index contributed by atoms with van der Waals surface area (Å²) in [4.78, 5) is 4.81. The molecule has 0 N–H and O–H groups in total. The molecule has 0 atom stereocenters. The average molecular weight is 574 g/mol. The number of benzene rings is 3. The molecular weight excluding hydrogens is 555 g/mol. The minimum absolute atomic E-state index is 0. The Balaban J connectivity index is 0.00000205. The predicted octanol–water partition coefficient (Wildman–Crippen LogP) is 6.23. The standard InChI is InChI=1S/C24H17NO2P.Os/c1-2-9-18(10-3-1)22-14-8-11-19(25-22)17-28-26-23-15-6-4-12-20(23)21-13-5-7-16-24(21)27-28;/h1-9,11-16H,17H2;/q-1;+1/p+1. The summed E-state index contributed by atoms with van der Waals surface area (Å²) in [5, 5.41) is 0. The van der Waals surface area contributed by atoms with Crippen molar-refractivity contribution >= 4 is 8.38 Å². The van der Waals surface area contributed by atoms with Crippen molar-refractivity contribution in [1.82, 2.24) is 4.98 Å². The van der Waals surface area contributed by atoms with E-state index < -0.39 is 8.38 Å². The Morgan fingerprint density at radius 2 is 1.38 bits per heavy atom. The van der Waals surface area contributed by atoms with Crippen molar-refractivity contribution in [3.63, 3.8) is 0 Å². The van der Waals surface area contributed by atoms with E-state index in [0.29, 0.717) is 6.16 Å². The monoisotopic (exact) mass is 575 g/mol. The van der Waals surface area contributed by atoms with E-state index in [0.717, 1.165) is 39.6 Å². The van der Waals surface area contributed by atoms with Crippen molar-refractivity contribution < 1.29 is 28.8 Å². The number of rotatable bonds is 3. The molecule has 1 radical (unpaired) electrons. The summed E-state index contributed by atoms with van der Waals surface area (Å²) in [6.07, 6.45) is 0.647. The Morgan fingerprint density at radius 1 is 0.724 bits per heavy atom. The number of hydrogen-bond acceptors (Lipinski definition) is 3. The molecule has 0 spiro atoms. The van der Waals surface area contributed by atoms with Crippen LogP contribution < -0.4 is 9.05 Å². The molecule has 0 aliphatic carbocycles. The van der Waals surface area contributed by atoms with Gasteiger partial charge in [-0.25, -0.2) is 0 Å². The summed E-state index contributed by atoms with van der Waals surface area (Å²) < 4.78 is 12.6. The number of pyridine rings is 1. The smallest absolute Gasteiger partial charge is 0.311 e. The summed E-state index contributed by atoms with van der Waals surface area (Å²) in [6.45, 7) is 0. The van der Waals surface area contributed by atoms with E-state index in [1.54, 1.807) is 0 Å². The van der Waals surface area contributed by atoms with Crippen LogP contribution in [0, 0.1) is 6.07 Å². The van der Waals surface area contributed by atoms with Crippen molar-refractivity contribution in [2.24, 2.45) is 0 Å². The van der Waals surface area contributed by atoms with Crippen LogP contribution in [0.4, 0.5) is 0 Å². The second-order valence-electron chi connectivity index (χ2n) is 6.54. The molecule has 1 aliphatic rings. The van der Waals surface area contributed by atoms with E-state index in [2.05, 4.69) is 18.2 Å². The molecule has 0 amide bonds. The first-order valence-electron chi connectivity index (χ1n) is 9.20. The second-order valence-corrected chi connectivity index (χ2v) is 8.04. The van der Waals surface area contributed by atoms with E-state index in [9.17, 15) is 0 Å². The largest absolute Gasteiger partial charge is 1.00 e. The second kappa shape index (κ2) is 8.87. The minimum Gasteiger partial charge on any atom is -0.311 e. The summed E-state index contributed by atoms with van der Waals surface area (Å²) >= 11 is 0. The number of nitrogens with zero attached hydrogens (tertiary/aromatic N) is 1. The van der Waals surface area contributed by atoms with Gasteiger partial charge in [-0.3, -0.25) is 4.98 Å². The van der Waals surface area contributed by atoms with Gasteiger partial charge in [0, 0.05) is 11.1 Å². The fraction of sp³-hybridized carbons (Fsp3) is 0.0417. The quantitative estimate of drug-likeness (QED) is 0.215. The van der Waals surface area contributed by atoms with E-state index in [1.165, 1.54) is 0 Å². The number of hydrogen-bond donors (Lipinski definition) is 0. The fourth-order valence-electron chi connectivity index (χ4n) is 3.32. The summed E-state index contributed by atoms with van der Waals surface area (Å²) in [7, 11) is -1.63. The summed E-state index contributed by atoms with van der Waals surface area (Å²) in [5.41, 5.74) is 4.99. The molecule has 1 aromatic heterocycles. The van der Waals surface area contributed by atoms with Crippen LogP contribution in [0.3, 0.4) is 0 Å². The third-order valence-corrected chi connectivity index (χ3v) is 6.18. The SMILES string of the molecule is [Os+].[c-]1ccccc1-c1cccc(C[PH+]2Oc3ccccc3-c3ccccc3O2)n1. The molecule has 5 rings (SSSR count). The Bertz CT molecular complexity index is 1070. The molecule has 3 nitrogen and oxygen atoms in total. The predicted molar refractivity (Wildman–Crippen MR) is 114 cm³/mol. The summed E-state index contributed by atoms with van der Waals surface area (Å²) in [6, 6.07) is 33.4. The Labute approximate surface area is 184 Å². The van der Waals surface area contributed by atoms with Crippen LogP contribution in [0.15, 0.2) is 91.0 Å². The molecule has 0 saturated heterocycles. The van der Waals surface area contributed by atoms with Crippen molar-refractivity contribution in [2.75, 3.05) is 0 Å². The maximum absolute atomic E-state index is 6.32. The van der Waals surface area contributed by atoms with Crippen LogP contribution in [0.5, 0.6) is 11.5 Å². The van der Waals surface area contributed by atoms with Crippen molar-refractivity contribution in [3.05, 3.63) is 103 Å². The van der Waals surface area contributed by atoms with Gasteiger partial charge in [0.05, 0.1) is 5.69 Å². The van der Waals surface area contributed by atoms with E-state index >= 15 is 0 Å². The zero-order chi connectivity index (χ0) is 18.8. The maximum Gasteiger partial charge on any atom is 1.00 e. The molecule has 0 unspecified atom stereocenters. The normalized spacial score (nSPS) is 12.4. The van der Waals surface area contributed by atoms with E-state index in [-0.39, 0.29) is 19.8 Å². The zero-order valence-electron chi connectivity index (χ0n) is 15.5. The van der Waals surface area contributed by atoms with Crippen molar-refractivity contribution in [3.8, 4) is 33.9 Å². The van der Waals surface area contributed by atoms with Gasteiger partial charge in [0.1, 0.15) is 0 Å². The first kappa shape index (κ1) is 19.8. The minimum atomic E-state index is -1.63. The molecule has 3 aromatic carbocycles. The van der Waals surface area contributed by atoms with Gasteiger partial charge in [0.15, 0.2) is 17.7 Å². The average Bonchev–Trinajstić information content (AvgIpc) is 2.91. The van der Waals surface area contributed by atoms with Crippen LogP contribution in [0.1, 0.15) is 5.69 Å². The topological polar surface area (TPSA) is 31.4 Å². The molecule has 29 heavy (non-hydrogen) atoms. The first-order valence-corrected chi connectivity index (χ1v) is 10.7. The molecule has 0 bridgehead atoms. The van der Waals surface area contributed by atoms with Crippen molar-refractivity contribution in [2.45, 2.75) is 6.16 Å². The Kier molecular flexibility index (Phi) is 6.05. The Hall–Kier alpha value is -2.52. The molecule has 1 aliphatic heterocycles. The third-order valence-electron chi connectivity index (χ3n) is 4.63. The Morgan fingerprint density at radius 3 is 2.03 bits per heavy atom. The molecule has 143 valence electrons. The zero-order valence-corrected chi connectivity index (χ0v) is 19.0. The van der Waals surface area contributed by atoms with Crippen molar-refractivity contribution in [1.29, 1.82) is 0 Å². The van der Waals surface area contributed by atoms with Gasteiger partial charge in [0.2, 0.25) is 0 Å². The number of para-hydroxylation sites is 2. The molecule has 0 saturated carbocycles. The fourth-order valence-corrected chi connectivity index (χ4v) is 4.85.